The van der Waals surface area contributed by atoms with Crippen molar-refractivity contribution >= 4 is 32.9 Å². The highest BCUT2D eigenvalue weighted by atomic mass is 32.1. The summed E-state index contributed by atoms with van der Waals surface area (Å²) >= 11 is 1.06. The van der Waals surface area contributed by atoms with E-state index in [4.69, 9.17) is 4.74 Å². The highest BCUT2D eigenvalue weighted by molar-refractivity contribution is 7.21. The molecule has 0 bridgehead atoms. The van der Waals surface area contributed by atoms with Gasteiger partial charge in [-0.15, -0.1) is 0 Å². The molecule has 1 N–H and O–H groups in total. The maximum Gasteiger partial charge on any atom is 0.413 e. The Morgan fingerprint density at radius 1 is 1.19 bits per heavy atom. The number of alkyl halides is 2. The van der Waals surface area contributed by atoms with Crippen molar-refractivity contribution in [3.63, 3.8) is 0 Å². The Hall–Kier alpha value is -2.68. The molecule has 0 aliphatic heterocycles. The van der Waals surface area contributed by atoms with Gasteiger partial charge in [-0.2, -0.15) is 0 Å². The van der Waals surface area contributed by atoms with E-state index in [1.165, 1.54) is 6.07 Å². The van der Waals surface area contributed by atoms with Crippen LogP contribution in [0.3, 0.4) is 0 Å². The molecule has 0 fully saturated rings. The highest BCUT2D eigenvalue weighted by Gasteiger charge is 2.19. The first-order chi connectivity index (χ1) is 12.6. The van der Waals surface area contributed by atoms with E-state index in [-0.39, 0.29) is 22.0 Å². The van der Waals surface area contributed by atoms with E-state index in [0.29, 0.717) is 10.3 Å². The molecule has 0 aliphatic rings. The van der Waals surface area contributed by atoms with Gasteiger partial charge in [-0.3, -0.25) is 5.32 Å². The molecule has 1 aromatic carbocycles. The highest BCUT2D eigenvalue weighted by Crippen LogP contribution is 2.33. The van der Waals surface area contributed by atoms with Crippen LogP contribution < -0.4 is 5.32 Å². The lowest BCUT2D eigenvalue weighted by atomic mass is 10.0. The van der Waals surface area contributed by atoms with Crippen LogP contribution in [0.5, 0.6) is 0 Å². The second-order valence-electron chi connectivity index (χ2n) is 6.70. The largest absolute Gasteiger partial charge is 0.444 e. The van der Waals surface area contributed by atoms with Crippen molar-refractivity contribution in [1.82, 2.24) is 9.97 Å². The normalized spacial score (nSPS) is 11.8. The van der Waals surface area contributed by atoms with E-state index in [0.717, 1.165) is 29.5 Å². The molecule has 0 radical (unpaired) electrons. The van der Waals surface area contributed by atoms with Crippen LogP contribution in [-0.4, -0.2) is 21.7 Å². The first-order valence-electron chi connectivity index (χ1n) is 7.98. The third-order valence-electron chi connectivity index (χ3n) is 3.39. The summed E-state index contributed by atoms with van der Waals surface area (Å²) in [5.74, 6) is -0.632. The number of benzene rings is 1. The van der Waals surface area contributed by atoms with E-state index in [1.807, 2.05) is 0 Å². The van der Waals surface area contributed by atoms with E-state index < -0.39 is 23.9 Å². The van der Waals surface area contributed by atoms with Crippen molar-refractivity contribution in [2.45, 2.75) is 32.8 Å². The Bertz CT molecular complexity index is 999. The molecule has 0 spiro atoms. The monoisotopic (exact) mass is 395 g/mol. The van der Waals surface area contributed by atoms with Gasteiger partial charge in [0.2, 0.25) is 0 Å². The zero-order valence-electron chi connectivity index (χ0n) is 14.7. The SMILES string of the molecule is CC(C)(C)OC(=O)Nc1nc2ccc(-c3cc(F)ccc3C(F)F)nc2s1. The summed E-state index contributed by atoms with van der Waals surface area (Å²) in [6, 6.07) is 6.12. The van der Waals surface area contributed by atoms with E-state index in [9.17, 15) is 18.0 Å². The van der Waals surface area contributed by atoms with Gasteiger partial charge < -0.3 is 4.74 Å². The number of nitrogens with one attached hydrogen (secondary N) is 1. The van der Waals surface area contributed by atoms with Gasteiger partial charge in [-0.05, 0) is 51.1 Å². The smallest absolute Gasteiger partial charge is 0.413 e. The Kier molecular flexibility index (Phi) is 5.05. The molecule has 0 saturated heterocycles. The molecule has 1 amide bonds. The lowest BCUT2D eigenvalue weighted by Gasteiger charge is -2.18. The van der Waals surface area contributed by atoms with Crippen LogP contribution >= 0.6 is 11.3 Å². The minimum Gasteiger partial charge on any atom is -0.444 e. The number of amides is 1. The summed E-state index contributed by atoms with van der Waals surface area (Å²) in [6.07, 6.45) is -3.42. The molecule has 0 saturated carbocycles. The van der Waals surface area contributed by atoms with Crippen molar-refractivity contribution < 1.29 is 22.7 Å². The Balaban J connectivity index is 1.93. The van der Waals surface area contributed by atoms with Crippen molar-refractivity contribution in [2.24, 2.45) is 0 Å². The number of thiazole rings is 1. The predicted octanol–water partition coefficient (Wildman–Crippen LogP) is 5.78. The fourth-order valence-corrected chi connectivity index (χ4v) is 3.18. The van der Waals surface area contributed by atoms with Crippen molar-refractivity contribution in [1.29, 1.82) is 0 Å². The average molecular weight is 395 g/mol. The maximum absolute atomic E-state index is 13.5. The number of carbonyl (C=O) groups is 1. The van der Waals surface area contributed by atoms with E-state index >= 15 is 0 Å². The average Bonchev–Trinajstić information content (AvgIpc) is 2.93. The first-order valence-corrected chi connectivity index (χ1v) is 8.79. The van der Waals surface area contributed by atoms with Crippen molar-refractivity contribution in [3.05, 3.63) is 41.7 Å². The standard InChI is InChI=1S/C18H16F3N3O2S/c1-18(2,3)26-17(25)24-16-23-13-7-6-12(22-15(13)27-16)11-8-9(19)4-5-10(11)14(20)21/h4-8,14H,1-3H3,(H,23,24,25). The van der Waals surface area contributed by atoms with Gasteiger partial charge >= 0.3 is 6.09 Å². The molecule has 2 heterocycles. The topological polar surface area (TPSA) is 64.1 Å². The predicted molar refractivity (Wildman–Crippen MR) is 97.6 cm³/mol. The molecule has 5 nitrogen and oxygen atoms in total. The maximum atomic E-state index is 13.5. The van der Waals surface area contributed by atoms with Crippen LogP contribution in [0.15, 0.2) is 30.3 Å². The fourth-order valence-electron chi connectivity index (χ4n) is 2.35. The Labute approximate surface area is 157 Å². The number of halogens is 3. The van der Waals surface area contributed by atoms with Gasteiger partial charge in [0.05, 0.1) is 5.69 Å². The number of carbonyl (C=O) groups excluding carboxylic acids is 1. The third-order valence-corrected chi connectivity index (χ3v) is 4.27. The minimum atomic E-state index is -2.76. The lowest BCUT2D eigenvalue weighted by Crippen LogP contribution is -2.27. The van der Waals surface area contributed by atoms with Gasteiger partial charge in [0.1, 0.15) is 21.8 Å². The number of ether oxygens (including phenoxy) is 1. The van der Waals surface area contributed by atoms with Gasteiger partial charge in [-0.25, -0.2) is 27.9 Å². The van der Waals surface area contributed by atoms with Crippen LogP contribution in [0.2, 0.25) is 0 Å². The van der Waals surface area contributed by atoms with Crippen molar-refractivity contribution in [3.8, 4) is 11.3 Å². The summed E-state index contributed by atoms with van der Waals surface area (Å²) in [4.78, 5) is 20.8. The first kappa shape index (κ1) is 19.1. The van der Waals surface area contributed by atoms with E-state index in [2.05, 4.69) is 15.3 Å². The van der Waals surface area contributed by atoms with Crippen LogP contribution in [-0.2, 0) is 4.74 Å². The lowest BCUT2D eigenvalue weighted by molar-refractivity contribution is 0.0636. The molecular formula is C18H16F3N3O2S. The summed E-state index contributed by atoms with van der Waals surface area (Å²) < 4.78 is 45.1. The second-order valence-corrected chi connectivity index (χ2v) is 7.68. The van der Waals surface area contributed by atoms with E-state index in [1.54, 1.807) is 26.8 Å². The molecule has 0 aliphatic carbocycles. The number of fused-ring (bicyclic) bond motifs is 1. The fraction of sp³-hybridized carbons (Fsp3) is 0.278. The summed E-state index contributed by atoms with van der Waals surface area (Å²) in [5, 5.41) is 2.77. The molecule has 27 heavy (non-hydrogen) atoms. The zero-order chi connectivity index (χ0) is 19.8. The zero-order valence-corrected chi connectivity index (χ0v) is 15.5. The van der Waals surface area contributed by atoms with Crippen LogP contribution in [0.4, 0.5) is 23.1 Å². The number of rotatable bonds is 3. The Morgan fingerprint density at radius 3 is 2.59 bits per heavy atom. The molecular weight excluding hydrogens is 379 g/mol. The number of hydrogen-bond donors (Lipinski definition) is 1. The number of pyridine rings is 1. The van der Waals surface area contributed by atoms with Crippen LogP contribution in [0, 0.1) is 5.82 Å². The number of nitrogens with zero attached hydrogens (tertiary/aromatic N) is 2. The molecule has 2 aromatic heterocycles. The Morgan fingerprint density at radius 2 is 1.93 bits per heavy atom. The van der Waals surface area contributed by atoms with Crippen LogP contribution in [0.1, 0.15) is 32.8 Å². The molecule has 0 atom stereocenters. The van der Waals surface area contributed by atoms with Crippen molar-refractivity contribution in [2.75, 3.05) is 5.32 Å². The molecule has 142 valence electrons. The number of anilines is 1. The molecule has 9 heteroatoms. The molecule has 3 aromatic rings. The molecule has 0 unspecified atom stereocenters. The van der Waals surface area contributed by atoms with Crippen LogP contribution in [0.25, 0.3) is 21.6 Å². The third kappa shape index (κ3) is 4.54. The minimum absolute atomic E-state index is 0.0157. The summed E-state index contributed by atoms with van der Waals surface area (Å²) in [6.45, 7) is 5.20. The molecule has 3 rings (SSSR count). The summed E-state index contributed by atoms with van der Waals surface area (Å²) in [7, 11) is 0. The number of aromatic nitrogens is 2. The second kappa shape index (κ2) is 7.15. The summed E-state index contributed by atoms with van der Waals surface area (Å²) in [5.41, 5.74) is -0.272. The van der Waals surface area contributed by atoms with Gasteiger partial charge in [0.25, 0.3) is 6.43 Å². The van der Waals surface area contributed by atoms with Gasteiger partial charge in [-0.1, -0.05) is 11.3 Å². The number of hydrogen-bond acceptors (Lipinski definition) is 5. The van der Waals surface area contributed by atoms with Gasteiger partial charge in [0, 0.05) is 11.1 Å². The quantitative estimate of drug-likeness (QED) is 0.610. The van der Waals surface area contributed by atoms with Gasteiger partial charge in [0.15, 0.2) is 5.13 Å².